The van der Waals surface area contributed by atoms with Crippen molar-refractivity contribution in [2.45, 2.75) is 25.8 Å². The van der Waals surface area contributed by atoms with Crippen LogP contribution in [-0.2, 0) is 9.59 Å². The number of amides is 2. The molecule has 2 N–H and O–H groups in total. The first-order chi connectivity index (χ1) is 14.8. The topological polar surface area (TPSA) is 93.7 Å². The van der Waals surface area contributed by atoms with E-state index in [2.05, 4.69) is 10.6 Å². The van der Waals surface area contributed by atoms with Gasteiger partial charge < -0.3 is 20.1 Å². The lowest BCUT2D eigenvalue weighted by Gasteiger charge is -2.18. The van der Waals surface area contributed by atoms with Crippen LogP contribution in [0.5, 0.6) is 11.5 Å². The molecule has 0 aliphatic heterocycles. The summed E-state index contributed by atoms with van der Waals surface area (Å²) in [5.41, 5.74) is 0.610. The molecule has 0 fully saturated rings. The summed E-state index contributed by atoms with van der Waals surface area (Å²) in [4.78, 5) is 35.8. The summed E-state index contributed by atoms with van der Waals surface area (Å²) < 4.78 is 37.5. The maximum Gasteiger partial charge on any atom is 0.246 e. The molecule has 0 saturated heterocycles. The Balaban J connectivity index is 1.93. The standard InChI is InChI=1S/C22H24F2N2O5/c1-13(27)14-7-9-18(19(12-14)30-3)31-10-4-5-20(28)26-21(22(29)25-2)15-6-8-16(23)17(24)11-15/h6-9,11-12,21H,4-5,10H2,1-3H3,(H,25,29)(H,26,28). The molecule has 0 aliphatic carbocycles. The summed E-state index contributed by atoms with van der Waals surface area (Å²) >= 11 is 0. The summed E-state index contributed by atoms with van der Waals surface area (Å²) in [6, 6.07) is 6.63. The van der Waals surface area contributed by atoms with Gasteiger partial charge in [0.25, 0.3) is 0 Å². The minimum absolute atomic E-state index is 0.0328. The summed E-state index contributed by atoms with van der Waals surface area (Å²) in [7, 11) is 2.83. The number of Topliss-reactive ketones (excluding diaryl/α,β-unsaturated/α-hetero) is 1. The van der Waals surface area contributed by atoms with E-state index in [1.807, 2.05) is 0 Å². The van der Waals surface area contributed by atoms with E-state index in [0.29, 0.717) is 23.5 Å². The van der Waals surface area contributed by atoms with Gasteiger partial charge in [-0.05, 0) is 49.2 Å². The van der Waals surface area contributed by atoms with Gasteiger partial charge in [0.1, 0.15) is 6.04 Å². The van der Waals surface area contributed by atoms with Crippen LogP contribution in [0.2, 0.25) is 0 Å². The Kier molecular flexibility index (Phi) is 8.48. The Morgan fingerprint density at radius 1 is 1.03 bits per heavy atom. The van der Waals surface area contributed by atoms with Gasteiger partial charge in [0.2, 0.25) is 11.8 Å². The Labute approximate surface area is 178 Å². The smallest absolute Gasteiger partial charge is 0.246 e. The Hall–Kier alpha value is -3.49. The maximum absolute atomic E-state index is 13.5. The zero-order chi connectivity index (χ0) is 23.0. The molecule has 0 spiro atoms. The van der Waals surface area contributed by atoms with Gasteiger partial charge in [-0.25, -0.2) is 8.78 Å². The highest BCUT2D eigenvalue weighted by Crippen LogP contribution is 2.28. The van der Waals surface area contributed by atoms with Crippen LogP contribution in [-0.4, -0.2) is 38.4 Å². The molecular weight excluding hydrogens is 410 g/mol. The van der Waals surface area contributed by atoms with Gasteiger partial charge in [0, 0.05) is 19.0 Å². The van der Waals surface area contributed by atoms with E-state index in [1.54, 1.807) is 18.2 Å². The average molecular weight is 434 g/mol. The number of hydrogen-bond acceptors (Lipinski definition) is 5. The van der Waals surface area contributed by atoms with Gasteiger partial charge in [0.05, 0.1) is 13.7 Å². The first-order valence-corrected chi connectivity index (χ1v) is 9.54. The largest absolute Gasteiger partial charge is 0.493 e. The maximum atomic E-state index is 13.5. The van der Waals surface area contributed by atoms with E-state index in [4.69, 9.17) is 9.47 Å². The number of hydrogen-bond donors (Lipinski definition) is 2. The lowest BCUT2D eigenvalue weighted by Crippen LogP contribution is -2.39. The van der Waals surface area contributed by atoms with Crippen LogP contribution in [0.25, 0.3) is 0 Å². The highest BCUT2D eigenvalue weighted by atomic mass is 19.2. The lowest BCUT2D eigenvalue weighted by molar-refractivity contribution is -0.129. The van der Waals surface area contributed by atoms with Crippen molar-refractivity contribution in [1.29, 1.82) is 0 Å². The van der Waals surface area contributed by atoms with Crippen molar-refractivity contribution < 1.29 is 32.6 Å². The number of carbonyl (C=O) groups is 3. The fourth-order valence-electron chi connectivity index (χ4n) is 2.79. The first-order valence-electron chi connectivity index (χ1n) is 9.54. The molecule has 1 unspecified atom stereocenters. The Bertz CT molecular complexity index is 965. The number of likely N-dealkylation sites (N-methyl/N-ethyl adjacent to an activating group) is 1. The number of rotatable bonds is 10. The van der Waals surface area contributed by atoms with Crippen molar-refractivity contribution in [3.63, 3.8) is 0 Å². The molecule has 2 rings (SSSR count). The third-order valence-electron chi connectivity index (χ3n) is 4.47. The number of carbonyl (C=O) groups excluding carboxylic acids is 3. The molecule has 0 bridgehead atoms. The van der Waals surface area contributed by atoms with Crippen LogP contribution in [0, 0.1) is 11.6 Å². The zero-order valence-electron chi connectivity index (χ0n) is 17.5. The van der Waals surface area contributed by atoms with Gasteiger partial charge in [-0.2, -0.15) is 0 Å². The van der Waals surface area contributed by atoms with Crippen LogP contribution in [0.4, 0.5) is 8.78 Å². The SMILES string of the molecule is CNC(=O)C(NC(=O)CCCOc1ccc(C(C)=O)cc1OC)c1ccc(F)c(F)c1. The van der Waals surface area contributed by atoms with Crippen LogP contribution >= 0.6 is 0 Å². The van der Waals surface area contributed by atoms with E-state index in [9.17, 15) is 23.2 Å². The molecule has 2 aromatic rings. The second-order valence-electron chi connectivity index (χ2n) is 6.66. The summed E-state index contributed by atoms with van der Waals surface area (Å²) in [5, 5.41) is 4.90. The predicted molar refractivity (Wildman–Crippen MR) is 109 cm³/mol. The highest BCUT2D eigenvalue weighted by molar-refractivity contribution is 5.94. The second-order valence-corrected chi connectivity index (χ2v) is 6.66. The molecule has 0 aliphatic rings. The molecule has 166 valence electrons. The molecule has 7 nitrogen and oxygen atoms in total. The molecular formula is C22H24F2N2O5. The molecule has 0 radical (unpaired) electrons. The fraction of sp³-hybridized carbons (Fsp3) is 0.318. The van der Waals surface area contributed by atoms with E-state index in [1.165, 1.54) is 27.1 Å². The van der Waals surface area contributed by atoms with E-state index in [-0.39, 0.29) is 24.4 Å². The predicted octanol–water partition coefficient (Wildman–Crippen LogP) is 2.94. The number of ketones is 1. The van der Waals surface area contributed by atoms with Crippen molar-refractivity contribution in [3.8, 4) is 11.5 Å². The number of benzene rings is 2. The number of ether oxygens (including phenoxy) is 2. The van der Waals surface area contributed by atoms with Gasteiger partial charge >= 0.3 is 0 Å². The molecule has 2 amide bonds. The van der Waals surface area contributed by atoms with Gasteiger partial charge in [-0.1, -0.05) is 6.07 Å². The quantitative estimate of drug-likeness (QED) is 0.443. The molecule has 1 atom stereocenters. The van der Waals surface area contributed by atoms with Crippen LogP contribution in [0.15, 0.2) is 36.4 Å². The summed E-state index contributed by atoms with van der Waals surface area (Å²) in [6.45, 7) is 1.62. The van der Waals surface area contributed by atoms with Crippen LogP contribution in [0.3, 0.4) is 0 Å². The van der Waals surface area contributed by atoms with E-state index >= 15 is 0 Å². The molecule has 2 aromatic carbocycles. The fourth-order valence-corrected chi connectivity index (χ4v) is 2.79. The summed E-state index contributed by atoms with van der Waals surface area (Å²) in [5.74, 6) is -2.46. The van der Waals surface area contributed by atoms with Crippen LogP contribution < -0.4 is 20.1 Å². The minimum Gasteiger partial charge on any atom is -0.493 e. The number of nitrogens with one attached hydrogen (secondary N) is 2. The normalized spacial score (nSPS) is 11.4. The van der Waals surface area contributed by atoms with Crippen molar-refractivity contribution in [3.05, 3.63) is 59.2 Å². The third kappa shape index (κ3) is 6.50. The number of methoxy groups -OCH3 is 1. The molecule has 31 heavy (non-hydrogen) atoms. The molecule has 0 aromatic heterocycles. The van der Waals surface area contributed by atoms with Gasteiger partial charge in [-0.3, -0.25) is 14.4 Å². The van der Waals surface area contributed by atoms with Crippen molar-refractivity contribution in [2.75, 3.05) is 20.8 Å². The molecule has 9 heteroatoms. The zero-order valence-corrected chi connectivity index (χ0v) is 17.5. The average Bonchev–Trinajstić information content (AvgIpc) is 2.76. The molecule has 0 heterocycles. The summed E-state index contributed by atoms with van der Waals surface area (Å²) in [6.07, 6.45) is 0.354. The lowest BCUT2D eigenvalue weighted by atomic mass is 10.1. The van der Waals surface area contributed by atoms with Crippen molar-refractivity contribution in [1.82, 2.24) is 10.6 Å². The minimum atomic E-state index is -1.16. The Morgan fingerprint density at radius 3 is 2.39 bits per heavy atom. The van der Waals surface area contributed by atoms with Gasteiger partial charge in [-0.15, -0.1) is 0 Å². The third-order valence-corrected chi connectivity index (χ3v) is 4.47. The highest BCUT2D eigenvalue weighted by Gasteiger charge is 2.23. The first kappa shape index (κ1) is 23.8. The van der Waals surface area contributed by atoms with Crippen LogP contribution in [0.1, 0.15) is 41.7 Å². The molecule has 0 saturated carbocycles. The monoisotopic (exact) mass is 434 g/mol. The van der Waals surface area contributed by atoms with E-state index in [0.717, 1.165) is 12.1 Å². The van der Waals surface area contributed by atoms with Crippen molar-refractivity contribution >= 4 is 17.6 Å². The second kappa shape index (κ2) is 11.1. The van der Waals surface area contributed by atoms with Gasteiger partial charge in [0.15, 0.2) is 28.9 Å². The van der Waals surface area contributed by atoms with Crippen molar-refractivity contribution in [2.24, 2.45) is 0 Å². The van der Waals surface area contributed by atoms with E-state index < -0.39 is 29.5 Å². The number of halogens is 2. The Morgan fingerprint density at radius 2 is 1.77 bits per heavy atom.